The van der Waals surface area contributed by atoms with Gasteiger partial charge < -0.3 is 9.42 Å². The molecule has 0 saturated carbocycles. The van der Waals surface area contributed by atoms with Crippen molar-refractivity contribution in [3.05, 3.63) is 59.5 Å². The van der Waals surface area contributed by atoms with Crippen LogP contribution in [0.2, 0.25) is 5.02 Å². The number of alkyl halides is 3. The van der Waals surface area contributed by atoms with Crippen molar-refractivity contribution >= 4 is 28.2 Å². The van der Waals surface area contributed by atoms with Crippen LogP contribution in [0.4, 0.5) is 18.9 Å². The number of hydrogen-bond donors (Lipinski definition) is 0. The first-order valence-corrected chi connectivity index (χ1v) is 10.3. The van der Waals surface area contributed by atoms with Gasteiger partial charge in [-0.05, 0) is 37.1 Å². The molecule has 4 aromatic rings. The average Bonchev–Trinajstić information content (AvgIpc) is 3.30. The van der Waals surface area contributed by atoms with Crippen LogP contribution < -0.4 is 4.90 Å². The Kier molecular flexibility index (Phi) is 5.16. The molecule has 11 heteroatoms. The molecule has 4 heterocycles. The maximum absolute atomic E-state index is 12.7. The van der Waals surface area contributed by atoms with E-state index in [4.69, 9.17) is 11.6 Å². The van der Waals surface area contributed by atoms with E-state index in [1.54, 1.807) is 12.4 Å². The van der Waals surface area contributed by atoms with Crippen LogP contribution in [0.25, 0.3) is 22.4 Å². The highest BCUT2D eigenvalue weighted by Crippen LogP contribution is 2.34. The molecular formula is C21H16ClF3N6O. The Balaban J connectivity index is 1.33. The van der Waals surface area contributed by atoms with Crippen molar-refractivity contribution in [2.75, 3.05) is 18.0 Å². The fourth-order valence-electron chi connectivity index (χ4n) is 3.93. The summed E-state index contributed by atoms with van der Waals surface area (Å²) in [6.07, 6.45) is 1.67. The Labute approximate surface area is 185 Å². The van der Waals surface area contributed by atoms with Gasteiger partial charge in [0.05, 0.1) is 17.4 Å². The molecule has 3 aromatic heterocycles. The molecule has 1 aliphatic heterocycles. The fraction of sp³-hybridized carbons (Fsp3) is 0.286. The van der Waals surface area contributed by atoms with Crippen molar-refractivity contribution in [2.45, 2.75) is 24.9 Å². The van der Waals surface area contributed by atoms with Gasteiger partial charge >= 0.3 is 12.1 Å². The number of hydrogen-bond acceptors (Lipinski definition) is 7. The topological polar surface area (TPSA) is 80.8 Å². The summed E-state index contributed by atoms with van der Waals surface area (Å²) >= 11 is 6.09. The van der Waals surface area contributed by atoms with E-state index < -0.39 is 12.1 Å². The van der Waals surface area contributed by atoms with E-state index in [1.807, 2.05) is 24.3 Å². The Morgan fingerprint density at radius 2 is 1.88 bits per heavy atom. The zero-order valence-electron chi connectivity index (χ0n) is 16.6. The molecule has 5 rings (SSSR count). The summed E-state index contributed by atoms with van der Waals surface area (Å²) in [5.74, 6) is -1.51. The summed E-state index contributed by atoms with van der Waals surface area (Å²) in [5, 5.41) is 5.07. The molecule has 0 amide bonds. The smallest absolute Gasteiger partial charge is 0.371 e. The van der Waals surface area contributed by atoms with Crippen molar-refractivity contribution < 1.29 is 17.7 Å². The molecule has 1 fully saturated rings. The van der Waals surface area contributed by atoms with Crippen LogP contribution in [0.1, 0.15) is 30.3 Å². The number of fused-ring (bicyclic) bond motifs is 1. The van der Waals surface area contributed by atoms with Gasteiger partial charge in [0.1, 0.15) is 5.69 Å². The zero-order chi connectivity index (χ0) is 22.3. The summed E-state index contributed by atoms with van der Waals surface area (Å²) in [4.78, 5) is 18.7. The third-order valence-electron chi connectivity index (χ3n) is 5.49. The number of anilines is 1. The van der Waals surface area contributed by atoms with Crippen molar-refractivity contribution in [1.29, 1.82) is 0 Å². The van der Waals surface area contributed by atoms with Crippen LogP contribution in [0.15, 0.2) is 47.4 Å². The molecule has 0 bridgehead atoms. The lowest BCUT2D eigenvalue weighted by Crippen LogP contribution is -2.33. The Bertz CT molecular complexity index is 1270. The van der Waals surface area contributed by atoms with Crippen molar-refractivity contribution in [3.8, 4) is 11.5 Å². The van der Waals surface area contributed by atoms with Gasteiger partial charge in [0.15, 0.2) is 0 Å². The largest absolute Gasteiger partial charge is 0.471 e. The van der Waals surface area contributed by atoms with Gasteiger partial charge in [-0.15, -0.1) is 0 Å². The molecule has 1 aliphatic rings. The molecule has 164 valence electrons. The summed E-state index contributed by atoms with van der Waals surface area (Å²) in [5.41, 5.74) is 2.79. The Morgan fingerprint density at radius 1 is 1.06 bits per heavy atom. The summed E-state index contributed by atoms with van der Waals surface area (Å²) in [6.45, 7) is 1.58. The maximum atomic E-state index is 12.7. The molecule has 0 spiro atoms. The van der Waals surface area contributed by atoms with Gasteiger partial charge in [-0.25, -0.2) is 4.98 Å². The van der Waals surface area contributed by atoms with Crippen LogP contribution in [0.3, 0.4) is 0 Å². The summed E-state index contributed by atoms with van der Waals surface area (Å²) in [6, 6.07) is 7.66. The number of nitrogens with zero attached hydrogens (tertiary/aromatic N) is 6. The second kappa shape index (κ2) is 8.01. The standard InChI is InChI=1S/C21H16ClF3N6O/c22-13-1-2-14-15(9-13)27-6-3-18(14)31-7-4-12(5-8-31)16-10-26-11-17(28-16)19-29-20(32-30-19)21(23,24)25/h1-3,6,9-12H,4-5,7-8H2. The molecule has 0 N–H and O–H groups in total. The van der Waals surface area contributed by atoms with E-state index in [9.17, 15) is 13.2 Å². The SMILES string of the molecule is FC(F)(F)c1nc(-c2cncc(C3CCN(c4ccnc5cc(Cl)ccc45)CC3)n2)no1. The van der Waals surface area contributed by atoms with E-state index in [0.717, 1.165) is 42.5 Å². The second-order valence-electron chi connectivity index (χ2n) is 7.50. The van der Waals surface area contributed by atoms with E-state index in [0.29, 0.717) is 10.7 Å². The predicted molar refractivity (Wildman–Crippen MR) is 111 cm³/mol. The van der Waals surface area contributed by atoms with Crippen LogP contribution >= 0.6 is 11.6 Å². The molecule has 32 heavy (non-hydrogen) atoms. The molecule has 0 radical (unpaired) electrons. The number of rotatable bonds is 3. The summed E-state index contributed by atoms with van der Waals surface area (Å²) < 4.78 is 42.5. The normalized spacial score (nSPS) is 15.4. The van der Waals surface area contributed by atoms with E-state index in [2.05, 4.69) is 34.5 Å². The van der Waals surface area contributed by atoms with E-state index in [1.165, 1.54) is 6.20 Å². The average molecular weight is 461 g/mol. The van der Waals surface area contributed by atoms with Gasteiger partial charge in [-0.3, -0.25) is 9.97 Å². The van der Waals surface area contributed by atoms with Gasteiger partial charge in [0.2, 0.25) is 5.82 Å². The van der Waals surface area contributed by atoms with Gasteiger partial charge in [-0.2, -0.15) is 18.2 Å². The number of aromatic nitrogens is 5. The van der Waals surface area contributed by atoms with Crippen molar-refractivity contribution in [2.24, 2.45) is 0 Å². The zero-order valence-corrected chi connectivity index (χ0v) is 17.3. The lowest BCUT2D eigenvalue weighted by Gasteiger charge is -2.34. The first kappa shape index (κ1) is 20.6. The number of piperidine rings is 1. The second-order valence-corrected chi connectivity index (χ2v) is 7.94. The molecule has 1 saturated heterocycles. The quantitative estimate of drug-likeness (QED) is 0.419. The highest BCUT2D eigenvalue weighted by atomic mass is 35.5. The van der Waals surface area contributed by atoms with E-state index in [-0.39, 0.29) is 17.4 Å². The van der Waals surface area contributed by atoms with Crippen molar-refractivity contribution in [3.63, 3.8) is 0 Å². The van der Waals surface area contributed by atoms with Crippen LogP contribution in [-0.4, -0.2) is 38.2 Å². The predicted octanol–water partition coefficient (Wildman–Crippen LogP) is 5.13. The Hall–Kier alpha value is -3.27. The highest BCUT2D eigenvalue weighted by molar-refractivity contribution is 6.31. The number of benzene rings is 1. The van der Waals surface area contributed by atoms with E-state index >= 15 is 0 Å². The van der Waals surface area contributed by atoms with Gasteiger partial charge in [-0.1, -0.05) is 16.8 Å². The molecule has 0 unspecified atom stereocenters. The van der Waals surface area contributed by atoms with Crippen LogP contribution in [0.5, 0.6) is 0 Å². The van der Waals surface area contributed by atoms with Crippen molar-refractivity contribution in [1.82, 2.24) is 25.1 Å². The fourth-order valence-corrected chi connectivity index (χ4v) is 4.09. The molecular weight excluding hydrogens is 445 g/mol. The maximum Gasteiger partial charge on any atom is 0.471 e. The van der Waals surface area contributed by atoms with Gasteiger partial charge in [0.25, 0.3) is 0 Å². The molecule has 0 atom stereocenters. The third kappa shape index (κ3) is 3.97. The highest BCUT2D eigenvalue weighted by Gasteiger charge is 2.38. The minimum Gasteiger partial charge on any atom is -0.371 e. The lowest BCUT2D eigenvalue weighted by atomic mass is 9.93. The van der Waals surface area contributed by atoms with Gasteiger partial charge in [0, 0.05) is 47.5 Å². The minimum atomic E-state index is -4.70. The number of pyridine rings is 1. The number of halogens is 4. The van der Waals surface area contributed by atoms with Crippen LogP contribution in [-0.2, 0) is 6.18 Å². The minimum absolute atomic E-state index is 0.121. The first-order valence-electron chi connectivity index (χ1n) is 9.91. The Morgan fingerprint density at radius 3 is 2.62 bits per heavy atom. The molecule has 0 aliphatic carbocycles. The monoisotopic (exact) mass is 460 g/mol. The summed E-state index contributed by atoms with van der Waals surface area (Å²) in [7, 11) is 0. The lowest BCUT2D eigenvalue weighted by molar-refractivity contribution is -0.159. The molecule has 1 aromatic carbocycles. The first-order chi connectivity index (χ1) is 15.4. The van der Waals surface area contributed by atoms with Crippen LogP contribution in [0, 0.1) is 0 Å². The third-order valence-corrected chi connectivity index (χ3v) is 5.72. The molecule has 7 nitrogen and oxygen atoms in total.